The highest BCUT2D eigenvalue weighted by Gasteiger charge is 2.12. The minimum atomic E-state index is 0.235. The third-order valence-corrected chi connectivity index (χ3v) is 1.72. The molecule has 0 saturated heterocycles. The summed E-state index contributed by atoms with van der Waals surface area (Å²) in [5, 5.41) is 8.64. The molecular formula is C7H14N2O. The second-order valence-corrected chi connectivity index (χ2v) is 2.36. The van der Waals surface area contributed by atoms with Crippen LogP contribution >= 0.6 is 0 Å². The highest BCUT2D eigenvalue weighted by atomic mass is 16.3. The predicted octanol–water partition coefficient (Wildman–Crippen LogP) is 0.103. The van der Waals surface area contributed by atoms with E-state index in [1.54, 1.807) is 0 Å². The number of nitrogens with zero attached hydrogens (tertiary/aromatic N) is 2. The molecule has 0 unspecified atom stereocenters. The van der Waals surface area contributed by atoms with Gasteiger partial charge in [0.2, 0.25) is 0 Å². The maximum Gasteiger partial charge on any atom is 0.0988 e. The van der Waals surface area contributed by atoms with E-state index in [9.17, 15) is 0 Å². The van der Waals surface area contributed by atoms with Crippen LogP contribution in [0.3, 0.4) is 0 Å². The van der Waals surface area contributed by atoms with E-state index >= 15 is 0 Å². The van der Waals surface area contributed by atoms with Crippen molar-refractivity contribution in [1.82, 2.24) is 4.90 Å². The van der Waals surface area contributed by atoms with E-state index in [-0.39, 0.29) is 6.61 Å². The summed E-state index contributed by atoms with van der Waals surface area (Å²) in [7, 11) is 0. The summed E-state index contributed by atoms with van der Waals surface area (Å²) >= 11 is 0. The number of aliphatic hydroxyl groups excluding tert-OH is 1. The molecule has 0 amide bonds. The van der Waals surface area contributed by atoms with Gasteiger partial charge in [0.25, 0.3) is 0 Å². The Bertz CT molecular complexity index is 134. The second kappa shape index (κ2) is 3.56. The van der Waals surface area contributed by atoms with Crippen LogP contribution in [0.1, 0.15) is 13.3 Å². The van der Waals surface area contributed by atoms with Gasteiger partial charge in [-0.1, -0.05) is 6.92 Å². The normalized spacial score (nSPS) is 17.8. The fourth-order valence-electron chi connectivity index (χ4n) is 1.23. The monoisotopic (exact) mass is 142 g/mol. The average Bonchev–Trinajstić information content (AvgIpc) is 2.36. The molecule has 0 aromatic carbocycles. The Balaban J connectivity index is 2.38. The molecule has 0 fully saturated rings. The molecule has 0 bridgehead atoms. The lowest BCUT2D eigenvalue weighted by Gasteiger charge is -2.17. The van der Waals surface area contributed by atoms with Crippen molar-refractivity contribution < 1.29 is 5.11 Å². The molecule has 10 heavy (non-hydrogen) atoms. The number of aliphatic hydroxyl groups is 1. The lowest BCUT2D eigenvalue weighted by Crippen LogP contribution is -2.29. The zero-order valence-corrected chi connectivity index (χ0v) is 6.38. The van der Waals surface area contributed by atoms with Gasteiger partial charge in [0.05, 0.1) is 19.0 Å². The third-order valence-electron chi connectivity index (χ3n) is 1.72. The maximum absolute atomic E-state index is 8.64. The van der Waals surface area contributed by atoms with Crippen LogP contribution in [0.4, 0.5) is 0 Å². The van der Waals surface area contributed by atoms with Gasteiger partial charge in [-0.2, -0.15) is 0 Å². The number of amidine groups is 1. The van der Waals surface area contributed by atoms with Gasteiger partial charge in [-0.25, -0.2) is 0 Å². The summed E-state index contributed by atoms with van der Waals surface area (Å²) in [5.74, 6) is 1.15. The largest absolute Gasteiger partial charge is 0.395 e. The third kappa shape index (κ3) is 1.48. The highest BCUT2D eigenvalue weighted by molar-refractivity contribution is 5.83. The molecule has 0 saturated carbocycles. The molecule has 1 rings (SSSR count). The Morgan fingerprint density at radius 1 is 1.70 bits per heavy atom. The van der Waals surface area contributed by atoms with Gasteiger partial charge in [0, 0.05) is 19.5 Å². The van der Waals surface area contributed by atoms with Crippen molar-refractivity contribution in [3.05, 3.63) is 0 Å². The second-order valence-electron chi connectivity index (χ2n) is 2.36. The quantitative estimate of drug-likeness (QED) is 0.606. The molecular weight excluding hydrogens is 128 g/mol. The van der Waals surface area contributed by atoms with Crippen LogP contribution in [0.25, 0.3) is 0 Å². The van der Waals surface area contributed by atoms with Gasteiger partial charge in [-0.3, -0.25) is 4.99 Å². The Labute approximate surface area is 61.4 Å². The van der Waals surface area contributed by atoms with Gasteiger partial charge in [-0.05, 0) is 0 Å². The van der Waals surface area contributed by atoms with Crippen LogP contribution < -0.4 is 0 Å². The van der Waals surface area contributed by atoms with Crippen molar-refractivity contribution >= 4 is 5.84 Å². The summed E-state index contributed by atoms with van der Waals surface area (Å²) in [6.45, 7) is 4.97. The lowest BCUT2D eigenvalue weighted by atomic mass is 10.4. The molecule has 1 aliphatic heterocycles. The molecule has 1 N–H and O–H groups in total. The average molecular weight is 142 g/mol. The smallest absolute Gasteiger partial charge is 0.0988 e. The van der Waals surface area contributed by atoms with Crippen molar-refractivity contribution in [2.45, 2.75) is 13.3 Å². The molecule has 3 nitrogen and oxygen atoms in total. The van der Waals surface area contributed by atoms with Gasteiger partial charge >= 0.3 is 0 Å². The Kier molecular flexibility index (Phi) is 2.68. The first-order valence-corrected chi connectivity index (χ1v) is 3.77. The van der Waals surface area contributed by atoms with E-state index in [1.807, 2.05) is 0 Å². The molecule has 0 spiro atoms. The molecule has 1 heterocycles. The summed E-state index contributed by atoms with van der Waals surface area (Å²) in [4.78, 5) is 6.42. The van der Waals surface area contributed by atoms with E-state index < -0.39 is 0 Å². The molecule has 58 valence electrons. The summed E-state index contributed by atoms with van der Waals surface area (Å²) in [5.41, 5.74) is 0. The first-order valence-electron chi connectivity index (χ1n) is 3.77. The first-order chi connectivity index (χ1) is 4.88. The summed E-state index contributed by atoms with van der Waals surface area (Å²) in [6, 6.07) is 0. The molecule has 0 aromatic heterocycles. The van der Waals surface area contributed by atoms with E-state index in [4.69, 9.17) is 5.11 Å². The van der Waals surface area contributed by atoms with Crippen molar-refractivity contribution in [3.63, 3.8) is 0 Å². The first kappa shape index (κ1) is 7.54. The minimum Gasteiger partial charge on any atom is -0.395 e. The Morgan fingerprint density at radius 3 is 3.10 bits per heavy atom. The van der Waals surface area contributed by atoms with Crippen LogP contribution in [0, 0.1) is 0 Å². The molecule has 0 atom stereocenters. The van der Waals surface area contributed by atoms with E-state index in [1.165, 1.54) is 0 Å². The molecule has 0 aromatic rings. The van der Waals surface area contributed by atoms with Gasteiger partial charge in [-0.15, -0.1) is 0 Å². The SMILES string of the molecule is CCC1=NCCN1CCO. The lowest BCUT2D eigenvalue weighted by molar-refractivity contribution is 0.255. The number of aliphatic imine (C=N–C) groups is 1. The number of hydrogen-bond donors (Lipinski definition) is 1. The van der Waals surface area contributed by atoms with E-state index in [0.29, 0.717) is 0 Å². The van der Waals surface area contributed by atoms with Crippen molar-refractivity contribution in [1.29, 1.82) is 0 Å². The van der Waals surface area contributed by atoms with Gasteiger partial charge in [0.1, 0.15) is 0 Å². The standard InChI is InChI=1S/C7H14N2O/c1-2-7-8-3-4-9(7)5-6-10/h10H,2-6H2,1H3. The molecule has 0 radical (unpaired) electrons. The highest BCUT2D eigenvalue weighted by Crippen LogP contribution is 2.02. The van der Waals surface area contributed by atoms with Crippen LogP contribution in [0.15, 0.2) is 4.99 Å². The zero-order valence-electron chi connectivity index (χ0n) is 6.38. The van der Waals surface area contributed by atoms with Crippen LogP contribution in [0.2, 0.25) is 0 Å². The van der Waals surface area contributed by atoms with Gasteiger partial charge in [0.15, 0.2) is 0 Å². The zero-order chi connectivity index (χ0) is 7.40. The number of hydrogen-bond acceptors (Lipinski definition) is 3. The predicted molar refractivity (Wildman–Crippen MR) is 41.3 cm³/mol. The fraction of sp³-hybridized carbons (Fsp3) is 0.857. The Morgan fingerprint density at radius 2 is 2.50 bits per heavy atom. The minimum absolute atomic E-state index is 0.235. The van der Waals surface area contributed by atoms with Crippen LogP contribution in [-0.2, 0) is 0 Å². The summed E-state index contributed by atoms with van der Waals surface area (Å²) < 4.78 is 0. The van der Waals surface area contributed by atoms with Crippen molar-refractivity contribution in [3.8, 4) is 0 Å². The molecule has 3 heteroatoms. The molecule has 0 aliphatic carbocycles. The number of β-amino-alcohol motifs (C(OH)–C–C–N with tert-alkyl or cyclic N) is 1. The maximum atomic E-state index is 8.64. The number of rotatable bonds is 3. The molecule has 1 aliphatic rings. The van der Waals surface area contributed by atoms with Crippen LogP contribution in [0.5, 0.6) is 0 Å². The van der Waals surface area contributed by atoms with Crippen molar-refractivity contribution in [2.24, 2.45) is 4.99 Å². The fourth-order valence-corrected chi connectivity index (χ4v) is 1.23. The topological polar surface area (TPSA) is 35.8 Å². The van der Waals surface area contributed by atoms with E-state index in [0.717, 1.165) is 31.9 Å². The van der Waals surface area contributed by atoms with Gasteiger partial charge < -0.3 is 10.0 Å². The van der Waals surface area contributed by atoms with Crippen molar-refractivity contribution in [2.75, 3.05) is 26.2 Å². The summed E-state index contributed by atoms with van der Waals surface area (Å²) in [6.07, 6.45) is 0.986. The van der Waals surface area contributed by atoms with E-state index in [2.05, 4.69) is 16.8 Å². The van der Waals surface area contributed by atoms with Crippen LogP contribution in [-0.4, -0.2) is 42.1 Å². The Hall–Kier alpha value is -0.570.